The van der Waals surface area contributed by atoms with Crippen molar-refractivity contribution in [2.45, 2.75) is 6.92 Å². The number of carbonyl (C=O) groups excluding carboxylic acids is 1. The van der Waals surface area contributed by atoms with E-state index in [1.54, 1.807) is 12.1 Å². The first-order valence-electron chi connectivity index (χ1n) is 4.44. The summed E-state index contributed by atoms with van der Waals surface area (Å²) < 4.78 is 0. The van der Waals surface area contributed by atoms with Crippen LogP contribution in [-0.4, -0.2) is 28.6 Å². The van der Waals surface area contributed by atoms with Crippen molar-refractivity contribution in [1.82, 2.24) is 0 Å². The number of aliphatic carboxylic acids is 1. The Bertz CT molecular complexity index is 348. The molecule has 1 aromatic carbocycles. The maximum atomic E-state index is 10.5. The molecule has 0 aromatic heterocycles. The number of rotatable bonds is 2. The number of phenolic OH excluding ortho intramolecular Hbond substituents is 1. The van der Waals surface area contributed by atoms with E-state index < -0.39 is 5.97 Å². The van der Waals surface area contributed by atoms with Crippen molar-refractivity contribution in [2.24, 2.45) is 5.73 Å². The number of carbonyl (C=O) groups is 2. The summed E-state index contributed by atoms with van der Waals surface area (Å²) >= 11 is 0. The van der Waals surface area contributed by atoms with Gasteiger partial charge in [0.05, 0.1) is 6.54 Å². The molecule has 0 saturated carbocycles. The second kappa shape index (κ2) is 7.24. The average Bonchev–Trinajstić information content (AvgIpc) is 2.22. The van der Waals surface area contributed by atoms with E-state index >= 15 is 0 Å². The number of carboxylic acid groups (broad SMARTS) is 1. The lowest BCUT2D eigenvalue weighted by Crippen LogP contribution is -2.10. The standard InChI is InChI=1S/C8H9NO2.C2H5NO2/c1-6(10)9-7-2-4-8(11)5-3-7;3-1-2(4)5/h2-5,11H,1H3,(H,9,10);1,3H2,(H,4,5). The van der Waals surface area contributed by atoms with E-state index in [4.69, 9.17) is 10.2 Å². The molecule has 0 fully saturated rings. The maximum absolute atomic E-state index is 10.5. The molecule has 0 radical (unpaired) electrons. The summed E-state index contributed by atoms with van der Waals surface area (Å²) in [5.74, 6) is -0.889. The third kappa shape index (κ3) is 7.34. The molecular weight excluding hydrogens is 212 g/mol. The van der Waals surface area contributed by atoms with Crippen molar-refractivity contribution >= 4 is 17.6 Å². The van der Waals surface area contributed by atoms with E-state index in [-0.39, 0.29) is 18.2 Å². The molecule has 0 unspecified atom stereocenters. The first-order valence-corrected chi connectivity index (χ1v) is 4.44. The Balaban J connectivity index is 0.000000385. The molecule has 0 spiro atoms. The number of phenols is 1. The van der Waals surface area contributed by atoms with E-state index in [0.717, 1.165) is 0 Å². The number of benzene rings is 1. The Kier molecular flexibility index (Phi) is 6.30. The highest BCUT2D eigenvalue weighted by atomic mass is 16.4. The highest BCUT2D eigenvalue weighted by Gasteiger charge is 1.93. The van der Waals surface area contributed by atoms with E-state index in [0.29, 0.717) is 5.69 Å². The fourth-order valence-electron chi connectivity index (χ4n) is 0.748. The Morgan fingerprint density at radius 3 is 2.06 bits per heavy atom. The third-order valence-electron chi connectivity index (χ3n) is 1.36. The van der Waals surface area contributed by atoms with Crippen molar-refractivity contribution in [1.29, 1.82) is 0 Å². The monoisotopic (exact) mass is 226 g/mol. The van der Waals surface area contributed by atoms with Gasteiger partial charge in [-0.1, -0.05) is 0 Å². The van der Waals surface area contributed by atoms with Gasteiger partial charge in [-0.2, -0.15) is 0 Å². The quantitative estimate of drug-likeness (QED) is 0.544. The normalized spacial score (nSPS) is 8.62. The number of hydrogen-bond acceptors (Lipinski definition) is 4. The van der Waals surface area contributed by atoms with Crippen LogP contribution in [0.2, 0.25) is 0 Å². The van der Waals surface area contributed by atoms with Crippen LogP contribution >= 0.6 is 0 Å². The Morgan fingerprint density at radius 2 is 1.75 bits per heavy atom. The molecule has 0 atom stereocenters. The van der Waals surface area contributed by atoms with Crippen LogP contribution in [0.3, 0.4) is 0 Å². The summed E-state index contributed by atoms with van der Waals surface area (Å²) in [4.78, 5) is 19.8. The van der Waals surface area contributed by atoms with Crippen molar-refractivity contribution in [3.05, 3.63) is 24.3 Å². The number of nitrogens with two attached hydrogens (primary N) is 1. The minimum atomic E-state index is -0.968. The van der Waals surface area contributed by atoms with Crippen LogP contribution < -0.4 is 11.1 Å². The Hall–Kier alpha value is -2.08. The first kappa shape index (κ1) is 13.9. The lowest BCUT2D eigenvalue weighted by molar-refractivity contribution is -0.135. The van der Waals surface area contributed by atoms with Crippen LogP contribution in [0.1, 0.15) is 6.92 Å². The highest BCUT2D eigenvalue weighted by molar-refractivity contribution is 5.88. The average molecular weight is 226 g/mol. The molecule has 5 N–H and O–H groups in total. The van der Waals surface area contributed by atoms with Gasteiger partial charge in [0.2, 0.25) is 5.91 Å². The number of anilines is 1. The predicted octanol–water partition coefficient (Wildman–Crippen LogP) is 0.380. The lowest BCUT2D eigenvalue weighted by atomic mass is 10.3. The van der Waals surface area contributed by atoms with Gasteiger partial charge in [0.1, 0.15) is 5.75 Å². The second-order valence-corrected chi connectivity index (χ2v) is 2.83. The number of amides is 1. The molecule has 0 aliphatic carbocycles. The third-order valence-corrected chi connectivity index (χ3v) is 1.36. The molecule has 0 aliphatic heterocycles. The van der Waals surface area contributed by atoms with Gasteiger partial charge < -0.3 is 21.3 Å². The highest BCUT2D eigenvalue weighted by Crippen LogP contribution is 2.13. The zero-order chi connectivity index (χ0) is 12.6. The number of aromatic hydroxyl groups is 1. The van der Waals surface area contributed by atoms with Crippen LogP contribution in [0.15, 0.2) is 24.3 Å². The van der Waals surface area contributed by atoms with Crippen molar-refractivity contribution < 1.29 is 19.8 Å². The predicted molar refractivity (Wildman–Crippen MR) is 59.1 cm³/mol. The Morgan fingerprint density at radius 1 is 1.31 bits per heavy atom. The summed E-state index contributed by atoms with van der Waals surface area (Å²) in [6.45, 7) is 1.16. The van der Waals surface area contributed by atoms with Crippen LogP contribution in [0.25, 0.3) is 0 Å². The summed E-state index contributed by atoms with van der Waals surface area (Å²) in [7, 11) is 0. The van der Waals surface area contributed by atoms with Gasteiger partial charge in [0.25, 0.3) is 0 Å². The molecular formula is C10H14N2O4. The number of hydrogen-bond donors (Lipinski definition) is 4. The number of carboxylic acids is 1. The largest absolute Gasteiger partial charge is 0.508 e. The van der Waals surface area contributed by atoms with E-state index in [1.165, 1.54) is 19.1 Å². The summed E-state index contributed by atoms with van der Waals surface area (Å²) in [5, 5.41) is 19.1. The molecule has 0 bridgehead atoms. The molecule has 1 aromatic rings. The SMILES string of the molecule is CC(=O)Nc1ccc(O)cc1.NCC(=O)O. The Labute approximate surface area is 92.7 Å². The summed E-state index contributed by atoms with van der Waals surface area (Å²) in [6, 6.07) is 6.31. The lowest BCUT2D eigenvalue weighted by Gasteiger charge is -1.99. The minimum absolute atomic E-state index is 0.115. The van der Waals surface area contributed by atoms with Crippen LogP contribution in [0.5, 0.6) is 5.75 Å². The van der Waals surface area contributed by atoms with E-state index in [1.807, 2.05) is 0 Å². The van der Waals surface area contributed by atoms with Gasteiger partial charge in [-0.3, -0.25) is 9.59 Å². The zero-order valence-electron chi connectivity index (χ0n) is 8.80. The van der Waals surface area contributed by atoms with Gasteiger partial charge in [-0.15, -0.1) is 0 Å². The molecule has 6 heteroatoms. The fraction of sp³-hybridized carbons (Fsp3) is 0.200. The van der Waals surface area contributed by atoms with E-state index in [9.17, 15) is 9.59 Å². The molecule has 0 saturated heterocycles. The van der Waals surface area contributed by atoms with Crippen LogP contribution in [0, 0.1) is 0 Å². The van der Waals surface area contributed by atoms with Gasteiger partial charge in [0.15, 0.2) is 0 Å². The molecule has 0 heterocycles. The molecule has 1 amide bonds. The zero-order valence-corrected chi connectivity index (χ0v) is 8.80. The van der Waals surface area contributed by atoms with Gasteiger partial charge in [-0.05, 0) is 24.3 Å². The molecule has 0 aliphatic rings. The smallest absolute Gasteiger partial charge is 0.317 e. The first-order chi connectivity index (χ1) is 7.45. The van der Waals surface area contributed by atoms with Crippen LogP contribution in [0.4, 0.5) is 5.69 Å². The van der Waals surface area contributed by atoms with Gasteiger partial charge >= 0.3 is 5.97 Å². The van der Waals surface area contributed by atoms with Crippen molar-refractivity contribution in [2.75, 3.05) is 11.9 Å². The fourth-order valence-corrected chi connectivity index (χ4v) is 0.748. The van der Waals surface area contributed by atoms with Crippen molar-refractivity contribution in [3.63, 3.8) is 0 Å². The minimum Gasteiger partial charge on any atom is -0.508 e. The van der Waals surface area contributed by atoms with E-state index in [2.05, 4.69) is 11.1 Å². The number of nitrogens with one attached hydrogen (secondary N) is 1. The van der Waals surface area contributed by atoms with Crippen molar-refractivity contribution in [3.8, 4) is 5.75 Å². The molecule has 1 rings (SSSR count). The summed E-state index contributed by atoms with van der Waals surface area (Å²) in [6.07, 6.45) is 0. The van der Waals surface area contributed by atoms with Crippen LogP contribution in [-0.2, 0) is 9.59 Å². The molecule has 88 valence electrons. The topological polar surface area (TPSA) is 113 Å². The molecule has 6 nitrogen and oxygen atoms in total. The summed E-state index contributed by atoms with van der Waals surface area (Å²) in [5.41, 5.74) is 5.26. The maximum Gasteiger partial charge on any atom is 0.317 e. The van der Waals surface area contributed by atoms with Gasteiger partial charge in [0, 0.05) is 12.6 Å². The van der Waals surface area contributed by atoms with Gasteiger partial charge in [-0.25, -0.2) is 0 Å². The molecule has 16 heavy (non-hydrogen) atoms. The second-order valence-electron chi connectivity index (χ2n) is 2.83.